The first kappa shape index (κ1) is 26.1. The molecular weight excluding hydrogens is 596 g/mol. The molecule has 0 atom stereocenters. The summed E-state index contributed by atoms with van der Waals surface area (Å²) in [6.07, 6.45) is 1.58. The molecule has 0 unspecified atom stereocenters. The second-order valence-electron chi connectivity index (χ2n) is 8.24. The van der Waals surface area contributed by atoms with Gasteiger partial charge in [-0.1, -0.05) is 45.7 Å². The Morgan fingerprint density at radius 2 is 1.87 bits per heavy atom. The number of imide groups is 1. The van der Waals surface area contributed by atoms with E-state index in [0.717, 1.165) is 26.7 Å². The van der Waals surface area contributed by atoms with Crippen LogP contribution in [0.25, 0.3) is 6.08 Å². The van der Waals surface area contributed by atoms with Crippen molar-refractivity contribution in [2.75, 3.05) is 25.1 Å². The second kappa shape index (κ2) is 11.5. The van der Waals surface area contributed by atoms with Gasteiger partial charge in [-0.15, -0.1) is 0 Å². The fraction of sp³-hybridized carbons (Fsp3) is 0.148. The van der Waals surface area contributed by atoms with Crippen LogP contribution in [-0.2, 0) is 16.2 Å². The van der Waals surface area contributed by atoms with Gasteiger partial charge in [0.15, 0.2) is 11.5 Å². The lowest BCUT2D eigenvalue weighted by Gasteiger charge is -2.19. The minimum Gasteiger partial charge on any atom is -0.488 e. The van der Waals surface area contributed by atoms with Crippen LogP contribution in [0, 0.1) is 0 Å². The number of benzene rings is 3. The number of thioether (sulfide) groups is 1. The molecule has 5 rings (SSSR count). The van der Waals surface area contributed by atoms with Crippen molar-refractivity contribution in [1.29, 1.82) is 0 Å². The number of fused-ring (bicyclic) bond motifs is 1. The zero-order chi connectivity index (χ0) is 26.6. The van der Waals surface area contributed by atoms with Crippen LogP contribution in [0.1, 0.15) is 11.1 Å². The van der Waals surface area contributed by atoms with Gasteiger partial charge in [0.05, 0.1) is 4.91 Å². The number of nitrogens with one attached hydrogen (secondary N) is 1. The maximum Gasteiger partial charge on any atom is 0.294 e. The molecule has 11 heteroatoms. The minimum absolute atomic E-state index is 0.183. The van der Waals surface area contributed by atoms with Crippen molar-refractivity contribution in [1.82, 2.24) is 4.90 Å². The van der Waals surface area contributed by atoms with Crippen LogP contribution in [0.15, 0.2) is 70.0 Å². The number of carbonyl (C=O) groups excluding carboxylic acids is 3. The predicted octanol–water partition coefficient (Wildman–Crippen LogP) is 6.13. The molecule has 0 aliphatic carbocycles. The first-order chi connectivity index (χ1) is 18.4. The molecule has 3 aromatic rings. The second-order valence-corrected chi connectivity index (χ2v) is 10.6. The summed E-state index contributed by atoms with van der Waals surface area (Å²) in [6, 6.07) is 17.7. The maximum absolute atomic E-state index is 13.0. The van der Waals surface area contributed by atoms with E-state index in [2.05, 4.69) is 21.2 Å². The third-order valence-corrected chi connectivity index (χ3v) is 7.37. The van der Waals surface area contributed by atoms with Gasteiger partial charge >= 0.3 is 0 Å². The Labute approximate surface area is 236 Å². The lowest BCUT2D eigenvalue weighted by Crippen LogP contribution is -2.36. The third kappa shape index (κ3) is 5.98. The molecule has 0 aromatic heterocycles. The van der Waals surface area contributed by atoms with Crippen LogP contribution in [-0.4, -0.2) is 41.7 Å². The number of halogens is 2. The van der Waals surface area contributed by atoms with Gasteiger partial charge < -0.3 is 19.5 Å². The zero-order valence-corrected chi connectivity index (χ0v) is 22.9. The molecule has 0 spiro atoms. The fourth-order valence-corrected chi connectivity index (χ4v) is 5.18. The summed E-state index contributed by atoms with van der Waals surface area (Å²) in [5, 5.41) is 2.74. The van der Waals surface area contributed by atoms with Crippen LogP contribution < -0.4 is 19.5 Å². The Hall–Kier alpha value is -3.47. The molecule has 2 aliphatic heterocycles. The van der Waals surface area contributed by atoms with Gasteiger partial charge in [-0.2, -0.15) is 0 Å². The van der Waals surface area contributed by atoms with Crippen molar-refractivity contribution in [3.8, 4) is 17.2 Å². The standard InChI is InChI=1S/C27H20BrClN2O6S/c28-18-5-7-21(37-15-16-3-1-2-4-20(16)29)17(11-18)12-24-26(33)31(27(34)38-24)14-25(32)30-19-6-8-22-23(13-19)36-10-9-35-22/h1-8,11-13H,9-10,14-15H2,(H,30,32)/b24-12+. The largest absolute Gasteiger partial charge is 0.488 e. The van der Waals surface area contributed by atoms with Crippen molar-refractivity contribution in [3.63, 3.8) is 0 Å². The predicted molar refractivity (Wildman–Crippen MR) is 149 cm³/mol. The highest BCUT2D eigenvalue weighted by molar-refractivity contribution is 9.10. The summed E-state index contributed by atoms with van der Waals surface area (Å²) >= 11 is 10.4. The zero-order valence-electron chi connectivity index (χ0n) is 19.7. The van der Waals surface area contributed by atoms with Gasteiger partial charge in [0.25, 0.3) is 11.1 Å². The maximum atomic E-state index is 13.0. The average molecular weight is 616 g/mol. The fourth-order valence-electron chi connectivity index (χ4n) is 3.78. The first-order valence-electron chi connectivity index (χ1n) is 11.5. The number of nitrogens with zero attached hydrogens (tertiary/aromatic N) is 1. The average Bonchev–Trinajstić information content (AvgIpc) is 3.16. The summed E-state index contributed by atoms with van der Waals surface area (Å²) < 4.78 is 17.7. The number of amides is 3. The summed E-state index contributed by atoms with van der Waals surface area (Å²) in [4.78, 5) is 39.4. The lowest BCUT2D eigenvalue weighted by atomic mass is 10.1. The van der Waals surface area contributed by atoms with E-state index in [0.29, 0.717) is 46.7 Å². The number of ether oxygens (including phenoxy) is 3. The van der Waals surface area contributed by atoms with Crippen molar-refractivity contribution >= 4 is 68.1 Å². The molecular formula is C27H20BrClN2O6S. The van der Waals surface area contributed by atoms with Gasteiger partial charge in [0.1, 0.15) is 32.1 Å². The van der Waals surface area contributed by atoms with Crippen LogP contribution in [0.3, 0.4) is 0 Å². The van der Waals surface area contributed by atoms with Crippen molar-refractivity contribution < 1.29 is 28.6 Å². The van der Waals surface area contributed by atoms with Crippen molar-refractivity contribution in [2.45, 2.75) is 6.61 Å². The van der Waals surface area contributed by atoms with Crippen molar-refractivity contribution in [3.05, 3.63) is 86.2 Å². The van der Waals surface area contributed by atoms with Crippen molar-refractivity contribution in [2.24, 2.45) is 0 Å². The van der Waals surface area contributed by atoms with Crippen LogP contribution in [0.2, 0.25) is 5.02 Å². The Morgan fingerprint density at radius 1 is 1.08 bits per heavy atom. The number of carbonyl (C=O) groups is 3. The summed E-state index contributed by atoms with van der Waals surface area (Å²) in [5.74, 6) is 0.542. The van der Waals surface area contributed by atoms with Gasteiger partial charge in [-0.3, -0.25) is 19.3 Å². The van der Waals surface area contributed by atoms with E-state index in [9.17, 15) is 14.4 Å². The molecule has 2 heterocycles. The van der Waals surface area contributed by atoms with Gasteiger partial charge in [-0.05, 0) is 54.2 Å². The molecule has 1 fully saturated rings. The highest BCUT2D eigenvalue weighted by Gasteiger charge is 2.36. The van der Waals surface area contributed by atoms with Gasteiger partial charge in [0, 0.05) is 32.4 Å². The molecule has 0 saturated carbocycles. The normalized spacial score (nSPS) is 15.6. The van der Waals surface area contributed by atoms with E-state index in [1.165, 1.54) is 0 Å². The lowest BCUT2D eigenvalue weighted by molar-refractivity contribution is -0.127. The SMILES string of the molecule is O=C(CN1C(=O)S/C(=C/c2cc(Br)ccc2OCc2ccccc2Cl)C1=O)Nc1ccc2c(c1)OCCO2. The Bertz CT molecular complexity index is 1460. The molecule has 1 saturated heterocycles. The number of rotatable bonds is 7. The van der Waals surface area contributed by atoms with E-state index in [4.69, 9.17) is 25.8 Å². The summed E-state index contributed by atoms with van der Waals surface area (Å²) in [5.41, 5.74) is 1.88. The topological polar surface area (TPSA) is 94.2 Å². The van der Waals surface area contributed by atoms with E-state index in [1.54, 1.807) is 42.5 Å². The van der Waals surface area contributed by atoms with Crippen LogP contribution in [0.5, 0.6) is 17.2 Å². The van der Waals surface area contributed by atoms with E-state index < -0.39 is 23.6 Å². The highest BCUT2D eigenvalue weighted by Crippen LogP contribution is 2.36. The number of hydrogen-bond donors (Lipinski definition) is 1. The summed E-state index contributed by atoms with van der Waals surface area (Å²) in [7, 11) is 0. The smallest absolute Gasteiger partial charge is 0.294 e. The first-order valence-corrected chi connectivity index (χ1v) is 13.5. The third-order valence-electron chi connectivity index (χ3n) is 5.60. The highest BCUT2D eigenvalue weighted by atomic mass is 79.9. The molecule has 2 aliphatic rings. The van der Waals surface area contributed by atoms with Crippen LogP contribution in [0.4, 0.5) is 10.5 Å². The van der Waals surface area contributed by atoms with E-state index >= 15 is 0 Å². The van der Waals surface area contributed by atoms with Gasteiger partial charge in [0.2, 0.25) is 5.91 Å². The number of hydrogen-bond acceptors (Lipinski definition) is 7. The molecule has 0 radical (unpaired) electrons. The Morgan fingerprint density at radius 3 is 2.68 bits per heavy atom. The molecule has 1 N–H and O–H groups in total. The molecule has 8 nitrogen and oxygen atoms in total. The van der Waals surface area contributed by atoms with E-state index in [-0.39, 0.29) is 11.5 Å². The molecule has 0 bridgehead atoms. The Balaban J connectivity index is 1.28. The molecule has 194 valence electrons. The van der Waals surface area contributed by atoms with E-state index in [1.807, 2.05) is 24.3 Å². The Kier molecular flexibility index (Phi) is 7.92. The molecule has 38 heavy (non-hydrogen) atoms. The number of anilines is 1. The van der Waals surface area contributed by atoms with Gasteiger partial charge in [-0.25, -0.2) is 0 Å². The molecule has 3 amide bonds. The quantitative estimate of drug-likeness (QED) is 0.320. The van der Waals surface area contributed by atoms with Crippen LogP contribution >= 0.6 is 39.3 Å². The monoisotopic (exact) mass is 614 g/mol. The molecule has 3 aromatic carbocycles. The minimum atomic E-state index is -0.561. The summed E-state index contributed by atoms with van der Waals surface area (Å²) in [6.45, 7) is 0.674.